The summed E-state index contributed by atoms with van der Waals surface area (Å²) in [6, 6.07) is -0.741. The summed E-state index contributed by atoms with van der Waals surface area (Å²) >= 11 is 0. The normalized spacial score (nSPS) is 22.0. The van der Waals surface area contributed by atoms with Gasteiger partial charge >= 0.3 is 6.36 Å². The van der Waals surface area contributed by atoms with Gasteiger partial charge in [-0.15, -0.1) is 13.2 Å². The number of nitrogens with zero attached hydrogens (tertiary/aromatic N) is 1. The molecule has 1 saturated heterocycles. The van der Waals surface area contributed by atoms with Crippen LogP contribution in [0.2, 0.25) is 0 Å². The summed E-state index contributed by atoms with van der Waals surface area (Å²) in [5.74, 6) is -0.781. The number of rotatable bonds is 4. The molecular formula is C8H11F3N2O3. The van der Waals surface area contributed by atoms with Crippen molar-refractivity contribution in [2.24, 2.45) is 0 Å². The lowest BCUT2D eigenvalue weighted by atomic mass is 10.2. The van der Waals surface area contributed by atoms with Crippen molar-refractivity contribution in [3.05, 3.63) is 0 Å². The Bertz CT molecular complexity index is 293. The molecule has 0 aromatic heterocycles. The summed E-state index contributed by atoms with van der Waals surface area (Å²) in [7, 11) is 1.33. The molecule has 1 unspecified atom stereocenters. The van der Waals surface area contributed by atoms with Crippen LogP contribution in [0.25, 0.3) is 0 Å². The molecule has 5 nitrogen and oxygen atoms in total. The Morgan fingerprint density at radius 2 is 2.12 bits per heavy atom. The lowest BCUT2D eigenvalue weighted by Gasteiger charge is -2.11. The van der Waals surface area contributed by atoms with Gasteiger partial charge in [0.25, 0.3) is 0 Å². The molecule has 1 N–H and O–H groups in total. The lowest BCUT2D eigenvalue weighted by molar-refractivity contribution is -0.323. The maximum atomic E-state index is 11.6. The predicted octanol–water partition coefficient (Wildman–Crippen LogP) is -0.130. The number of ether oxygens (including phenoxy) is 1. The van der Waals surface area contributed by atoms with Gasteiger partial charge in [0.15, 0.2) is 0 Å². The van der Waals surface area contributed by atoms with Crippen LogP contribution in [0.3, 0.4) is 0 Å². The topological polar surface area (TPSA) is 58.6 Å². The van der Waals surface area contributed by atoms with Crippen molar-refractivity contribution in [3.63, 3.8) is 0 Å². The van der Waals surface area contributed by atoms with E-state index in [2.05, 4.69) is 10.1 Å². The van der Waals surface area contributed by atoms with E-state index in [9.17, 15) is 22.8 Å². The van der Waals surface area contributed by atoms with Crippen molar-refractivity contribution in [2.75, 3.05) is 20.2 Å². The molecule has 1 rings (SSSR count). The second kappa shape index (κ2) is 4.79. The van der Waals surface area contributed by atoms with Crippen LogP contribution in [0, 0.1) is 0 Å². The van der Waals surface area contributed by atoms with Crippen LogP contribution in [-0.4, -0.2) is 49.3 Å². The Hall–Kier alpha value is -1.15. The van der Waals surface area contributed by atoms with Crippen molar-refractivity contribution in [1.82, 2.24) is 10.2 Å². The van der Waals surface area contributed by atoms with Gasteiger partial charge in [0.05, 0.1) is 19.1 Å². The number of carbonyl (C=O) groups excluding carboxylic acids is 2. The second-order valence-electron chi connectivity index (χ2n) is 3.30. The minimum Gasteiger partial charge on any atom is -0.303 e. The molecule has 1 aliphatic heterocycles. The van der Waals surface area contributed by atoms with E-state index in [0.717, 1.165) is 4.90 Å². The molecule has 1 heterocycles. The highest BCUT2D eigenvalue weighted by Crippen LogP contribution is 2.15. The third-order valence-corrected chi connectivity index (χ3v) is 2.14. The molecule has 8 heteroatoms. The Labute approximate surface area is 89.5 Å². The van der Waals surface area contributed by atoms with Crippen LogP contribution in [0.5, 0.6) is 0 Å². The molecule has 1 atom stereocenters. The van der Waals surface area contributed by atoms with Crippen LogP contribution in [-0.2, 0) is 14.3 Å². The highest BCUT2D eigenvalue weighted by Gasteiger charge is 2.35. The molecule has 0 radical (unpaired) electrons. The SMILES string of the molecule is CN1C(=O)CC(NCCOC(F)(F)F)C1=O. The van der Waals surface area contributed by atoms with Crippen molar-refractivity contribution in [2.45, 2.75) is 18.8 Å². The third kappa shape index (κ3) is 3.46. The minimum atomic E-state index is -4.67. The second-order valence-corrected chi connectivity index (χ2v) is 3.30. The van der Waals surface area contributed by atoms with E-state index in [1.165, 1.54) is 7.05 Å². The molecule has 92 valence electrons. The monoisotopic (exact) mass is 240 g/mol. The van der Waals surface area contributed by atoms with Crippen LogP contribution in [0.1, 0.15) is 6.42 Å². The fourth-order valence-electron chi connectivity index (χ4n) is 1.31. The highest BCUT2D eigenvalue weighted by atomic mass is 19.4. The summed E-state index contributed by atoms with van der Waals surface area (Å²) in [6.07, 6.45) is -4.70. The molecule has 0 aromatic rings. The Kier molecular flexibility index (Phi) is 3.87. The van der Waals surface area contributed by atoms with Gasteiger partial charge < -0.3 is 5.32 Å². The van der Waals surface area contributed by atoms with Crippen molar-refractivity contribution >= 4 is 11.8 Å². The van der Waals surface area contributed by atoms with E-state index in [0.29, 0.717) is 0 Å². The number of imide groups is 1. The first kappa shape index (κ1) is 12.9. The van der Waals surface area contributed by atoms with E-state index >= 15 is 0 Å². The molecular weight excluding hydrogens is 229 g/mol. The minimum absolute atomic E-state index is 0.0264. The number of halogens is 3. The van der Waals surface area contributed by atoms with E-state index in [-0.39, 0.29) is 18.9 Å². The largest absolute Gasteiger partial charge is 0.522 e. The van der Waals surface area contributed by atoms with E-state index in [4.69, 9.17) is 0 Å². The molecule has 16 heavy (non-hydrogen) atoms. The predicted molar refractivity (Wildman–Crippen MR) is 46.2 cm³/mol. The zero-order valence-corrected chi connectivity index (χ0v) is 8.50. The average molecular weight is 240 g/mol. The van der Waals surface area contributed by atoms with Crippen LogP contribution < -0.4 is 5.32 Å². The molecule has 0 bridgehead atoms. The first-order valence-corrected chi connectivity index (χ1v) is 4.56. The van der Waals surface area contributed by atoms with Gasteiger partial charge in [-0.2, -0.15) is 0 Å². The molecule has 0 saturated carbocycles. The summed E-state index contributed by atoms with van der Waals surface area (Å²) in [5.41, 5.74) is 0. The van der Waals surface area contributed by atoms with Gasteiger partial charge in [0.2, 0.25) is 11.8 Å². The van der Waals surface area contributed by atoms with Crippen molar-refractivity contribution in [3.8, 4) is 0 Å². The molecule has 0 spiro atoms. The number of likely N-dealkylation sites (tertiary alicyclic amines) is 1. The maximum absolute atomic E-state index is 11.6. The summed E-state index contributed by atoms with van der Waals surface area (Å²) in [6.45, 7) is -0.734. The van der Waals surface area contributed by atoms with Crippen LogP contribution in [0.4, 0.5) is 13.2 Å². The van der Waals surface area contributed by atoms with E-state index in [1.807, 2.05) is 0 Å². The van der Waals surface area contributed by atoms with Crippen LogP contribution in [0.15, 0.2) is 0 Å². The van der Waals surface area contributed by atoms with Gasteiger partial charge in [-0.05, 0) is 0 Å². The van der Waals surface area contributed by atoms with Crippen molar-refractivity contribution < 1.29 is 27.5 Å². The third-order valence-electron chi connectivity index (χ3n) is 2.14. The number of carbonyl (C=O) groups is 2. The molecule has 2 amide bonds. The van der Waals surface area contributed by atoms with Gasteiger partial charge in [-0.25, -0.2) is 0 Å². The Morgan fingerprint density at radius 1 is 1.50 bits per heavy atom. The zero-order chi connectivity index (χ0) is 12.3. The standard InChI is InChI=1S/C8H11F3N2O3/c1-13-6(14)4-5(7(13)15)12-2-3-16-8(9,10)11/h5,12H,2-4H2,1H3. The number of nitrogens with one attached hydrogen (secondary N) is 1. The van der Waals surface area contributed by atoms with Crippen molar-refractivity contribution in [1.29, 1.82) is 0 Å². The maximum Gasteiger partial charge on any atom is 0.522 e. The molecule has 0 aromatic carbocycles. The number of likely N-dealkylation sites (N-methyl/N-ethyl adjacent to an activating group) is 1. The smallest absolute Gasteiger partial charge is 0.303 e. The quantitative estimate of drug-likeness (QED) is 0.549. The van der Waals surface area contributed by atoms with Gasteiger partial charge in [-0.1, -0.05) is 0 Å². The Morgan fingerprint density at radius 3 is 2.56 bits per heavy atom. The first-order chi connectivity index (χ1) is 7.31. The molecule has 0 aliphatic carbocycles. The first-order valence-electron chi connectivity index (χ1n) is 4.56. The summed E-state index contributed by atoms with van der Waals surface area (Å²) in [4.78, 5) is 23.3. The van der Waals surface area contributed by atoms with Gasteiger partial charge in [0, 0.05) is 13.6 Å². The number of hydrogen-bond acceptors (Lipinski definition) is 4. The van der Waals surface area contributed by atoms with E-state index in [1.54, 1.807) is 0 Å². The van der Waals surface area contributed by atoms with Gasteiger partial charge in [-0.3, -0.25) is 19.2 Å². The Balaban J connectivity index is 2.25. The zero-order valence-electron chi connectivity index (χ0n) is 8.50. The van der Waals surface area contributed by atoms with Crippen LogP contribution >= 0.6 is 0 Å². The molecule has 1 aliphatic rings. The summed E-state index contributed by atoms with van der Waals surface area (Å²) in [5, 5.41) is 2.53. The van der Waals surface area contributed by atoms with E-state index < -0.39 is 24.9 Å². The lowest BCUT2D eigenvalue weighted by Crippen LogP contribution is -2.39. The molecule has 1 fully saturated rings. The fourth-order valence-corrected chi connectivity index (χ4v) is 1.31. The average Bonchev–Trinajstić information content (AvgIpc) is 2.40. The van der Waals surface area contributed by atoms with Gasteiger partial charge in [0.1, 0.15) is 0 Å². The highest BCUT2D eigenvalue weighted by molar-refractivity contribution is 6.05. The number of amides is 2. The summed E-state index contributed by atoms with van der Waals surface area (Å²) < 4.78 is 38.2. The fraction of sp³-hybridized carbons (Fsp3) is 0.750. The number of alkyl halides is 3. The number of hydrogen-bond donors (Lipinski definition) is 1.